The van der Waals surface area contributed by atoms with Gasteiger partial charge in [-0.05, 0) is 12.8 Å². The Labute approximate surface area is 99.6 Å². The van der Waals surface area contributed by atoms with Crippen molar-refractivity contribution in [3.8, 4) is 0 Å². The predicted octanol–water partition coefficient (Wildman–Crippen LogP) is -0.968. The lowest BCUT2D eigenvalue weighted by molar-refractivity contribution is -0.135. The molecule has 0 spiro atoms. The minimum atomic E-state index is -0.661. The van der Waals surface area contributed by atoms with Gasteiger partial charge in [0.25, 0.3) is 0 Å². The van der Waals surface area contributed by atoms with E-state index in [9.17, 15) is 9.59 Å². The van der Waals surface area contributed by atoms with Crippen LogP contribution in [-0.4, -0.2) is 51.2 Å². The van der Waals surface area contributed by atoms with Crippen LogP contribution < -0.4 is 10.6 Å². The minimum absolute atomic E-state index is 0.236. The van der Waals surface area contributed by atoms with Gasteiger partial charge in [-0.1, -0.05) is 0 Å². The van der Waals surface area contributed by atoms with Crippen molar-refractivity contribution < 1.29 is 19.1 Å². The van der Waals surface area contributed by atoms with Crippen molar-refractivity contribution in [2.24, 2.45) is 4.99 Å². The minimum Gasteiger partial charge on any atom is -0.382 e. The molecule has 0 atom stereocenters. The fraction of sp³-hybridized carbons (Fsp3) is 0.700. The van der Waals surface area contributed by atoms with E-state index in [-0.39, 0.29) is 5.96 Å². The number of nitrogens with zero attached hydrogens (tertiary/aromatic N) is 1. The molecule has 0 saturated carbocycles. The molecular formula is C10H17N3O4. The van der Waals surface area contributed by atoms with Gasteiger partial charge >= 0.3 is 11.8 Å². The maximum Gasteiger partial charge on any atom is 0.316 e. The zero-order valence-electron chi connectivity index (χ0n) is 9.82. The molecule has 0 aromatic heterocycles. The number of unbranched alkanes of at least 4 members (excludes halogenated alkanes) is 1. The summed E-state index contributed by atoms with van der Waals surface area (Å²) in [7, 11) is 1.63. The molecule has 1 heterocycles. The summed E-state index contributed by atoms with van der Waals surface area (Å²) in [5, 5.41) is 4.65. The molecule has 17 heavy (non-hydrogen) atoms. The van der Waals surface area contributed by atoms with Gasteiger partial charge in [0.15, 0.2) is 0 Å². The van der Waals surface area contributed by atoms with Crippen LogP contribution in [0.15, 0.2) is 4.99 Å². The number of methoxy groups -OCH3 is 1. The second-order valence-electron chi connectivity index (χ2n) is 3.45. The quantitative estimate of drug-likeness (QED) is 0.424. The van der Waals surface area contributed by atoms with Crippen molar-refractivity contribution in [3.63, 3.8) is 0 Å². The maximum absolute atomic E-state index is 10.8. The second kappa shape index (κ2) is 7.75. The summed E-state index contributed by atoms with van der Waals surface area (Å²) in [5.41, 5.74) is 0. The summed E-state index contributed by atoms with van der Waals surface area (Å²) in [6.45, 7) is 2.40. The molecule has 1 aliphatic heterocycles. The van der Waals surface area contributed by atoms with Gasteiger partial charge in [-0.3, -0.25) is 25.2 Å². The van der Waals surface area contributed by atoms with Crippen molar-refractivity contribution in [2.45, 2.75) is 12.8 Å². The van der Waals surface area contributed by atoms with Crippen LogP contribution in [0.2, 0.25) is 0 Å². The van der Waals surface area contributed by atoms with E-state index in [1.54, 1.807) is 7.11 Å². The number of hydrogen-bond acceptors (Lipinski definition) is 5. The third-order valence-corrected chi connectivity index (χ3v) is 2.07. The monoisotopic (exact) mass is 243 g/mol. The van der Waals surface area contributed by atoms with Gasteiger partial charge in [-0.25, -0.2) is 0 Å². The molecule has 0 radical (unpaired) electrons. The molecule has 0 aliphatic carbocycles. The van der Waals surface area contributed by atoms with Crippen LogP contribution in [0.4, 0.5) is 0 Å². The van der Waals surface area contributed by atoms with E-state index >= 15 is 0 Å². The summed E-state index contributed by atoms with van der Waals surface area (Å²) in [6, 6.07) is 0. The topological polar surface area (TPSA) is 89.0 Å². The van der Waals surface area contributed by atoms with E-state index in [2.05, 4.69) is 15.6 Å². The van der Waals surface area contributed by atoms with Gasteiger partial charge in [0.2, 0.25) is 5.96 Å². The zero-order chi connectivity index (χ0) is 12.5. The number of carbonyl (C=O) groups excluding carboxylic acids is 2. The molecule has 1 aliphatic rings. The Hall–Kier alpha value is -1.47. The van der Waals surface area contributed by atoms with Crippen LogP contribution in [0.3, 0.4) is 0 Å². The first-order valence-corrected chi connectivity index (χ1v) is 5.47. The van der Waals surface area contributed by atoms with E-state index < -0.39 is 11.8 Å². The predicted molar refractivity (Wildman–Crippen MR) is 60.5 cm³/mol. The smallest absolute Gasteiger partial charge is 0.316 e. The van der Waals surface area contributed by atoms with Gasteiger partial charge in [0.1, 0.15) is 0 Å². The maximum atomic E-state index is 10.8. The van der Waals surface area contributed by atoms with Crippen molar-refractivity contribution in [3.05, 3.63) is 0 Å². The molecule has 1 rings (SSSR count). The molecule has 2 amide bonds. The third kappa shape index (κ3) is 5.41. The summed E-state index contributed by atoms with van der Waals surface area (Å²) in [4.78, 5) is 25.6. The molecule has 2 N–H and O–H groups in total. The molecule has 96 valence electrons. The van der Waals surface area contributed by atoms with E-state index in [4.69, 9.17) is 9.47 Å². The molecular weight excluding hydrogens is 226 g/mol. The molecule has 7 heteroatoms. The van der Waals surface area contributed by atoms with E-state index in [1.165, 1.54) is 0 Å². The zero-order valence-corrected chi connectivity index (χ0v) is 9.82. The number of nitrogens with one attached hydrogen (secondary N) is 2. The highest BCUT2D eigenvalue weighted by atomic mass is 16.5. The third-order valence-electron chi connectivity index (χ3n) is 2.07. The van der Waals surface area contributed by atoms with Crippen molar-refractivity contribution in [1.29, 1.82) is 0 Å². The van der Waals surface area contributed by atoms with Gasteiger partial charge < -0.3 is 9.47 Å². The Morgan fingerprint density at radius 1 is 1.06 bits per heavy atom. The first-order valence-electron chi connectivity index (χ1n) is 5.47. The first kappa shape index (κ1) is 13.6. The Morgan fingerprint density at radius 2 is 1.76 bits per heavy atom. The van der Waals surface area contributed by atoms with Gasteiger partial charge in [0.05, 0.1) is 13.2 Å². The van der Waals surface area contributed by atoms with Crippen LogP contribution in [0.25, 0.3) is 0 Å². The lowest BCUT2D eigenvalue weighted by Crippen LogP contribution is -2.25. The van der Waals surface area contributed by atoms with Gasteiger partial charge in [0, 0.05) is 20.3 Å². The number of guanidine groups is 1. The van der Waals surface area contributed by atoms with E-state index in [1.807, 2.05) is 0 Å². The summed E-state index contributed by atoms with van der Waals surface area (Å²) in [5.74, 6) is -1.08. The van der Waals surface area contributed by atoms with Crippen LogP contribution >= 0.6 is 0 Å². The first-order chi connectivity index (χ1) is 8.24. The number of ether oxygens (including phenoxy) is 2. The van der Waals surface area contributed by atoms with Crippen molar-refractivity contribution in [2.75, 3.05) is 33.5 Å². The fourth-order valence-corrected chi connectivity index (χ4v) is 1.19. The van der Waals surface area contributed by atoms with Crippen LogP contribution in [0.1, 0.15) is 12.8 Å². The van der Waals surface area contributed by atoms with Crippen LogP contribution in [0.5, 0.6) is 0 Å². The van der Waals surface area contributed by atoms with Crippen molar-refractivity contribution >= 4 is 17.8 Å². The highest BCUT2D eigenvalue weighted by Gasteiger charge is 2.24. The standard InChI is InChI=1S/C10H17N3O4/c1-16-6-7-17-5-3-2-4-11-10-12-8(14)9(15)13-10/h2-7H2,1H3,(H2,11,12,13,14,15). The highest BCUT2D eigenvalue weighted by Crippen LogP contribution is 1.92. The Balaban J connectivity index is 1.99. The molecule has 0 unspecified atom stereocenters. The van der Waals surface area contributed by atoms with Crippen LogP contribution in [-0.2, 0) is 19.1 Å². The van der Waals surface area contributed by atoms with Crippen LogP contribution in [0, 0.1) is 0 Å². The lowest BCUT2D eigenvalue weighted by Gasteiger charge is -2.02. The number of rotatable bonds is 8. The summed E-state index contributed by atoms with van der Waals surface area (Å²) < 4.78 is 10.1. The second-order valence-corrected chi connectivity index (χ2v) is 3.45. The average molecular weight is 243 g/mol. The molecule has 0 aromatic rings. The highest BCUT2D eigenvalue weighted by molar-refractivity contribution is 6.45. The molecule has 1 fully saturated rings. The van der Waals surface area contributed by atoms with Crippen molar-refractivity contribution in [1.82, 2.24) is 10.6 Å². The Kier molecular flexibility index (Phi) is 6.19. The van der Waals surface area contributed by atoms with E-state index in [0.29, 0.717) is 26.4 Å². The lowest BCUT2D eigenvalue weighted by atomic mass is 10.3. The van der Waals surface area contributed by atoms with Gasteiger partial charge in [-0.2, -0.15) is 0 Å². The number of aliphatic imine (C=N–C) groups is 1. The molecule has 7 nitrogen and oxygen atoms in total. The normalized spacial score (nSPS) is 14.8. The number of hydrogen-bond donors (Lipinski definition) is 2. The molecule has 0 aromatic carbocycles. The van der Waals surface area contributed by atoms with E-state index in [0.717, 1.165) is 12.8 Å². The average Bonchev–Trinajstić information content (AvgIpc) is 2.62. The Bertz CT molecular complexity index is 286. The summed E-state index contributed by atoms with van der Waals surface area (Å²) in [6.07, 6.45) is 1.71. The largest absolute Gasteiger partial charge is 0.382 e. The Morgan fingerprint density at radius 3 is 2.41 bits per heavy atom. The number of carbonyl (C=O) groups is 2. The SMILES string of the molecule is COCCOCCCCN=C1NC(=O)C(=O)N1. The number of amides is 2. The fourth-order valence-electron chi connectivity index (χ4n) is 1.19. The molecule has 0 bridgehead atoms. The molecule has 1 saturated heterocycles. The summed E-state index contributed by atoms with van der Waals surface area (Å²) >= 11 is 0. The van der Waals surface area contributed by atoms with Gasteiger partial charge in [-0.15, -0.1) is 0 Å².